The Balaban J connectivity index is 1.75. The summed E-state index contributed by atoms with van der Waals surface area (Å²) in [6.07, 6.45) is 16.1. The molecule has 2 unspecified atom stereocenters. The lowest BCUT2D eigenvalue weighted by molar-refractivity contribution is -0.132. The Hall–Kier alpha value is -1.29. The maximum Gasteiger partial charge on any atom is 0.236 e. The predicted molar refractivity (Wildman–Crippen MR) is 126 cm³/mol. The zero-order valence-electron chi connectivity index (χ0n) is 20.1. The second kappa shape index (κ2) is 13.9. The highest BCUT2D eigenvalue weighted by Crippen LogP contribution is 2.28. The first-order valence-electron chi connectivity index (χ1n) is 12.6. The van der Waals surface area contributed by atoms with E-state index in [1.54, 1.807) is 0 Å². The topological polar surface area (TPSA) is 32.8 Å². The van der Waals surface area contributed by atoms with E-state index in [4.69, 9.17) is 4.74 Å². The van der Waals surface area contributed by atoms with E-state index in [-0.39, 0.29) is 0 Å². The van der Waals surface area contributed by atoms with Crippen LogP contribution in [0.5, 0.6) is 0 Å². The van der Waals surface area contributed by atoms with Gasteiger partial charge in [-0.25, -0.2) is 0 Å². The highest BCUT2D eigenvalue weighted by Gasteiger charge is 2.30. The maximum absolute atomic E-state index is 12.9. The zero-order valence-corrected chi connectivity index (χ0v) is 20.1. The van der Waals surface area contributed by atoms with Crippen molar-refractivity contribution in [2.75, 3.05) is 32.8 Å². The van der Waals surface area contributed by atoms with Crippen LogP contribution in [0.4, 0.5) is 0 Å². The summed E-state index contributed by atoms with van der Waals surface area (Å²) in [4.78, 5) is 17.5. The molecule has 0 saturated carbocycles. The van der Waals surface area contributed by atoms with E-state index in [1.165, 1.54) is 24.8 Å². The number of likely N-dealkylation sites (tertiary alicyclic amines) is 1. The number of rotatable bonds is 13. The van der Waals surface area contributed by atoms with E-state index in [9.17, 15) is 4.79 Å². The molecule has 4 nitrogen and oxygen atoms in total. The summed E-state index contributed by atoms with van der Waals surface area (Å²) in [5.74, 6) is 2.19. The van der Waals surface area contributed by atoms with Gasteiger partial charge in [0, 0.05) is 32.1 Å². The summed E-state index contributed by atoms with van der Waals surface area (Å²) in [5.41, 5.74) is 1.40. The van der Waals surface area contributed by atoms with E-state index in [1.807, 2.05) is 0 Å². The minimum absolute atomic E-state index is 0.336. The van der Waals surface area contributed by atoms with Crippen LogP contribution in [0.3, 0.4) is 0 Å². The van der Waals surface area contributed by atoms with Gasteiger partial charge in [-0.15, -0.1) is 0 Å². The molecule has 0 bridgehead atoms. The predicted octanol–water partition coefficient (Wildman–Crippen LogP) is 5.94. The van der Waals surface area contributed by atoms with Gasteiger partial charge in [0.15, 0.2) is 0 Å². The fraction of sp³-hybridized carbons (Fsp3) is 0.808. The Morgan fingerprint density at radius 1 is 1.13 bits per heavy atom. The first kappa shape index (κ1) is 25.0. The minimum atomic E-state index is 0.336. The summed E-state index contributed by atoms with van der Waals surface area (Å²) in [7, 11) is 0. The van der Waals surface area contributed by atoms with Crippen molar-refractivity contribution >= 4 is 5.91 Å². The molecular weight excluding hydrogens is 372 g/mol. The minimum Gasteiger partial charge on any atom is -0.493 e. The van der Waals surface area contributed by atoms with Crippen LogP contribution >= 0.6 is 0 Å². The molecule has 0 aliphatic carbocycles. The van der Waals surface area contributed by atoms with Gasteiger partial charge in [-0.1, -0.05) is 39.7 Å². The Kier molecular flexibility index (Phi) is 11.6. The van der Waals surface area contributed by atoms with Crippen molar-refractivity contribution in [3.63, 3.8) is 0 Å². The number of nitrogens with zero attached hydrogens (tertiary/aromatic N) is 2. The van der Waals surface area contributed by atoms with E-state index in [0.29, 0.717) is 18.5 Å². The van der Waals surface area contributed by atoms with Gasteiger partial charge in [-0.3, -0.25) is 9.69 Å². The quantitative estimate of drug-likeness (QED) is 0.347. The normalized spacial score (nSPS) is 24.7. The number of amides is 1. The Labute approximate surface area is 185 Å². The van der Waals surface area contributed by atoms with Crippen molar-refractivity contribution in [2.45, 2.75) is 97.9 Å². The van der Waals surface area contributed by atoms with Crippen molar-refractivity contribution in [1.29, 1.82) is 0 Å². The first-order valence-corrected chi connectivity index (χ1v) is 12.6. The molecule has 2 fully saturated rings. The molecule has 30 heavy (non-hydrogen) atoms. The van der Waals surface area contributed by atoms with E-state index >= 15 is 0 Å². The van der Waals surface area contributed by atoms with Crippen LogP contribution in [0, 0.1) is 5.92 Å². The molecule has 172 valence electrons. The van der Waals surface area contributed by atoms with Gasteiger partial charge in [0.2, 0.25) is 5.91 Å². The first-order chi connectivity index (χ1) is 14.6. The van der Waals surface area contributed by atoms with Crippen LogP contribution in [0.25, 0.3) is 0 Å². The SMILES string of the molecule is CC/C=C1/CCO/C1=C/CCCC1CC(C)N(CC(=O)N(CCCC)CCCC)C1. The Morgan fingerprint density at radius 2 is 1.87 bits per heavy atom. The number of unbranched alkanes of at least 4 members (excludes halogenated alkanes) is 3. The van der Waals surface area contributed by atoms with E-state index < -0.39 is 0 Å². The smallest absolute Gasteiger partial charge is 0.236 e. The van der Waals surface area contributed by atoms with Crippen molar-refractivity contribution in [2.24, 2.45) is 5.92 Å². The van der Waals surface area contributed by atoms with Crippen LogP contribution in [-0.4, -0.2) is 54.5 Å². The van der Waals surface area contributed by atoms with Crippen LogP contribution in [0.1, 0.15) is 91.9 Å². The molecule has 2 aliphatic heterocycles. The molecule has 0 aromatic heterocycles. The summed E-state index contributed by atoms with van der Waals surface area (Å²) in [6.45, 7) is 13.3. The third kappa shape index (κ3) is 8.09. The van der Waals surface area contributed by atoms with E-state index in [2.05, 4.69) is 49.6 Å². The Bertz CT molecular complexity index is 561. The zero-order chi connectivity index (χ0) is 21.8. The summed E-state index contributed by atoms with van der Waals surface area (Å²) < 4.78 is 5.79. The second-order valence-electron chi connectivity index (χ2n) is 9.20. The van der Waals surface area contributed by atoms with Crippen LogP contribution < -0.4 is 0 Å². The number of hydrogen-bond donors (Lipinski definition) is 0. The molecule has 2 heterocycles. The highest BCUT2D eigenvalue weighted by molar-refractivity contribution is 5.78. The molecule has 2 atom stereocenters. The maximum atomic E-state index is 12.9. The van der Waals surface area contributed by atoms with Gasteiger partial charge < -0.3 is 9.64 Å². The lowest BCUT2D eigenvalue weighted by Gasteiger charge is -2.27. The van der Waals surface area contributed by atoms with Crippen LogP contribution in [0.2, 0.25) is 0 Å². The molecule has 2 saturated heterocycles. The van der Waals surface area contributed by atoms with Crippen molar-refractivity contribution in [3.8, 4) is 0 Å². The molecular formula is C26H46N2O2. The monoisotopic (exact) mass is 418 g/mol. The van der Waals surface area contributed by atoms with Gasteiger partial charge in [0.1, 0.15) is 5.76 Å². The van der Waals surface area contributed by atoms with Gasteiger partial charge in [-0.05, 0) is 69.4 Å². The molecule has 1 amide bonds. The van der Waals surface area contributed by atoms with Gasteiger partial charge in [-0.2, -0.15) is 0 Å². The van der Waals surface area contributed by atoms with Gasteiger partial charge >= 0.3 is 0 Å². The lowest BCUT2D eigenvalue weighted by Crippen LogP contribution is -2.42. The average molecular weight is 419 g/mol. The highest BCUT2D eigenvalue weighted by atomic mass is 16.5. The third-order valence-corrected chi connectivity index (χ3v) is 6.59. The fourth-order valence-electron chi connectivity index (χ4n) is 4.75. The molecule has 0 aromatic carbocycles. The lowest BCUT2D eigenvalue weighted by atomic mass is 9.99. The molecule has 0 radical (unpaired) electrons. The molecule has 0 N–H and O–H groups in total. The van der Waals surface area contributed by atoms with Crippen LogP contribution in [-0.2, 0) is 9.53 Å². The summed E-state index contributed by atoms with van der Waals surface area (Å²) in [6, 6.07) is 0.522. The standard InChI is InChI=1S/C26H46N2O2/c1-5-8-16-27(17-9-6-2)26(29)21-28-20-23(19-22(28)4)13-10-11-14-25-24(12-7-3)15-18-30-25/h12,14,22-23H,5-11,13,15-21H2,1-4H3/b24-12-,25-14+. The fourth-order valence-corrected chi connectivity index (χ4v) is 4.75. The van der Waals surface area contributed by atoms with Crippen LogP contribution in [0.15, 0.2) is 23.5 Å². The third-order valence-electron chi connectivity index (χ3n) is 6.59. The summed E-state index contributed by atoms with van der Waals surface area (Å²) >= 11 is 0. The molecule has 0 spiro atoms. The largest absolute Gasteiger partial charge is 0.493 e. The van der Waals surface area contributed by atoms with Crippen molar-refractivity contribution in [3.05, 3.63) is 23.5 Å². The number of hydrogen-bond acceptors (Lipinski definition) is 3. The molecule has 2 aliphatic rings. The van der Waals surface area contributed by atoms with Gasteiger partial charge in [0.25, 0.3) is 0 Å². The van der Waals surface area contributed by atoms with Crippen molar-refractivity contribution < 1.29 is 9.53 Å². The summed E-state index contributed by atoms with van der Waals surface area (Å²) in [5, 5.41) is 0. The van der Waals surface area contributed by atoms with E-state index in [0.717, 1.165) is 82.9 Å². The number of allylic oxidation sites excluding steroid dienone is 3. The second-order valence-corrected chi connectivity index (χ2v) is 9.20. The molecule has 2 rings (SSSR count). The number of carbonyl (C=O) groups excluding carboxylic acids is 1. The molecule has 4 heteroatoms. The average Bonchev–Trinajstić information content (AvgIpc) is 3.31. The number of ether oxygens (including phenoxy) is 1. The Morgan fingerprint density at radius 3 is 2.53 bits per heavy atom. The molecule has 0 aromatic rings. The van der Waals surface area contributed by atoms with Gasteiger partial charge in [0.05, 0.1) is 13.2 Å². The van der Waals surface area contributed by atoms with Crippen molar-refractivity contribution in [1.82, 2.24) is 9.80 Å². The number of carbonyl (C=O) groups is 1.